The SMILES string of the molecule is O=C1C=C[C@H]2[C@@H]3CCC[C@@]24c2c(ccc(O)c2O[C@@H]14)C3. The molecule has 3 aliphatic carbocycles. The number of rotatable bonds is 0. The average molecular weight is 268 g/mol. The predicted molar refractivity (Wildman–Crippen MR) is 72.9 cm³/mol. The van der Waals surface area contributed by atoms with Crippen molar-refractivity contribution < 1.29 is 14.6 Å². The van der Waals surface area contributed by atoms with Gasteiger partial charge in [-0.2, -0.15) is 0 Å². The molecule has 4 atom stereocenters. The van der Waals surface area contributed by atoms with Gasteiger partial charge in [-0.25, -0.2) is 0 Å². The van der Waals surface area contributed by atoms with E-state index in [1.54, 1.807) is 12.1 Å². The van der Waals surface area contributed by atoms with Crippen LogP contribution < -0.4 is 4.74 Å². The molecule has 1 aliphatic heterocycles. The van der Waals surface area contributed by atoms with E-state index in [1.807, 2.05) is 6.07 Å². The highest BCUT2D eigenvalue weighted by Gasteiger charge is 2.63. The van der Waals surface area contributed by atoms with Gasteiger partial charge in [0.1, 0.15) is 0 Å². The van der Waals surface area contributed by atoms with E-state index in [2.05, 4.69) is 6.08 Å². The molecule has 1 aromatic rings. The minimum absolute atomic E-state index is 0.0605. The summed E-state index contributed by atoms with van der Waals surface area (Å²) in [7, 11) is 0. The van der Waals surface area contributed by atoms with Crippen molar-refractivity contribution in [3.05, 3.63) is 35.4 Å². The molecule has 0 amide bonds. The van der Waals surface area contributed by atoms with E-state index in [0.717, 1.165) is 24.8 Å². The zero-order valence-electron chi connectivity index (χ0n) is 11.1. The second kappa shape index (κ2) is 3.27. The molecule has 0 aromatic heterocycles. The Hall–Kier alpha value is -1.77. The van der Waals surface area contributed by atoms with E-state index < -0.39 is 6.10 Å². The van der Waals surface area contributed by atoms with Crippen LogP contribution in [0.5, 0.6) is 11.5 Å². The van der Waals surface area contributed by atoms with Crippen LogP contribution in [0.25, 0.3) is 0 Å². The molecule has 102 valence electrons. The molecular weight excluding hydrogens is 252 g/mol. The van der Waals surface area contributed by atoms with E-state index >= 15 is 0 Å². The topological polar surface area (TPSA) is 46.5 Å². The molecule has 5 rings (SSSR count). The zero-order chi connectivity index (χ0) is 13.5. The largest absolute Gasteiger partial charge is 0.504 e. The number of phenols is 1. The van der Waals surface area contributed by atoms with Crippen LogP contribution in [0, 0.1) is 11.8 Å². The van der Waals surface area contributed by atoms with Crippen LogP contribution >= 0.6 is 0 Å². The third-order valence-electron chi connectivity index (χ3n) is 5.87. The summed E-state index contributed by atoms with van der Waals surface area (Å²) in [5.41, 5.74) is 2.22. The first-order valence-electron chi connectivity index (χ1n) is 7.46. The van der Waals surface area contributed by atoms with Crippen LogP contribution in [0.3, 0.4) is 0 Å². The summed E-state index contributed by atoms with van der Waals surface area (Å²) in [5.74, 6) is 1.83. The molecular formula is C17H16O3. The molecule has 4 aliphatic rings. The summed E-state index contributed by atoms with van der Waals surface area (Å²) >= 11 is 0. The van der Waals surface area contributed by atoms with Crippen molar-refractivity contribution in [1.82, 2.24) is 0 Å². The van der Waals surface area contributed by atoms with E-state index in [9.17, 15) is 9.90 Å². The molecule has 20 heavy (non-hydrogen) atoms. The molecule has 1 saturated carbocycles. The van der Waals surface area contributed by atoms with E-state index in [4.69, 9.17) is 4.74 Å². The van der Waals surface area contributed by atoms with Crippen molar-refractivity contribution in [1.29, 1.82) is 0 Å². The number of allylic oxidation sites excluding steroid dienone is 1. The maximum Gasteiger partial charge on any atom is 0.196 e. The summed E-state index contributed by atoms with van der Waals surface area (Å²) in [6.07, 6.45) is 7.84. The highest BCUT2D eigenvalue weighted by molar-refractivity contribution is 5.98. The number of ether oxygens (including phenoxy) is 1. The fraction of sp³-hybridized carbons (Fsp3) is 0.471. The van der Waals surface area contributed by atoms with Crippen LogP contribution in [0.4, 0.5) is 0 Å². The summed E-state index contributed by atoms with van der Waals surface area (Å²) in [5, 5.41) is 10.1. The molecule has 3 heteroatoms. The molecule has 1 fully saturated rings. The van der Waals surface area contributed by atoms with Crippen LogP contribution in [-0.2, 0) is 16.6 Å². The van der Waals surface area contributed by atoms with Gasteiger partial charge < -0.3 is 9.84 Å². The Morgan fingerprint density at radius 3 is 3.15 bits per heavy atom. The number of hydrogen-bond acceptors (Lipinski definition) is 3. The molecule has 1 heterocycles. The van der Waals surface area contributed by atoms with Gasteiger partial charge in [0.15, 0.2) is 23.4 Å². The van der Waals surface area contributed by atoms with Crippen molar-refractivity contribution in [3.63, 3.8) is 0 Å². The number of benzene rings is 1. The molecule has 2 bridgehead atoms. The Morgan fingerprint density at radius 2 is 2.25 bits per heavy atom. The Bertz CT molecular complexity index is 675. The van der Waals surface area contributed by atoms with Crippen molar-refractivity contribution in [2.24, 2.45) is 11.8 Å². The van der Waals surface area contributed by atoms with Gasteiger partial charge in [0.05, 0.1) is 5.41 Å². The Kier molecular flexibility index (Phi) is 1.79. The van der Waals surface area contributed by atoms with Crippen molar-refractivity contribution >= 4 is 5.78 Å². The Balaban J connectivity index is 1.88. The van der Waals surface area contributed by atoms with Gasteiger partial charge in [-0.1, -0.05) is 18.6 Å². The maximum atomic E-state index is 12.3. The summed E-state index contributed by atoms with van der Waals surface area (Å²) in [6.45, 7) is 0. The van der Waals surface area contributed by atoms with Gasteiger partial charge in [0.25, 0.3) is 0 Å². The smallest absolute Gasteiger partial charge is 0.196 e. The normalized spacial score (nSPS) is 39.4. The minimum atomic E-state index is -0.414. The molecule has 0 radical (unpaired) electrons. The van der Waals surface area contributed by atoms with E-state index in [1.165, 1.54) is 12.0 Å². The fourth-order valence-corrected chi connectivity index (χ4v) is 5.23. The molecule has 3 nitrogen and oxygen atoms in total. The average Bonchev–Trinajstić information content (AvgIpc) is 2.78. The predicted octanol–water partition coefficient (Wildman–Crippen LogP) is 2.50. The second-order valence-corrected chi connectivity index (χ2v) is 6.63. The van der Waals surface area contributed by atoms with Gasteiger partial charge >= 0.3 is 0 Å². The van der Waals surface area contributed by atoms with E-state index in [-0.39, 0.29) is 16.9 Å². The van der Waals surface area contributed by atoms with E-state index in [0.29, 0.717) is 17.6 Å². The molecule has 0 saturated heterocycles. The zero-order valence-corrected chi connectivity index (χ0v) is 11.1. The lowest BCUT2D eigenvalue weighted by atomic mass is 9.50. The minimum Gasteiger partial charge on any atom is -0.504 e. The number of carbonyl (C=O) groups is 1. The first-order valence-corrected chi connectivity index (χ1v) is 7.46. The Morgan fingerprint density at radius 1 is 1.35 bits per heavy atom. The molecule has 1 aromatic carbocycles. The third kappa shape index (κ3) is 1.00. The Labute approximate surface area is 117 Å². The molecule has 1 spiro atoms. The second-order valence-electron chi connectivity index (χ2n) is 6.63. The van der Waals surface area contributed by atoms with Crippen LogP contribution in [-0.4, -0.2) is 17.0 Å². The lowest BCUT2D eigenvalue weighted by Gasteiger charge is -2.52. The van der Waals surface area contributed by atoms with Gasteiger partial charge in [-0.3, -0.25) is 4.79 Å². The van der Waals surface area contributed by atoms with Gasteiger partial charge in [-0.05, 0) is 48.8 Å². The van der Waals surface area contributed by atoms with Gasteiger partial charge in [-0.15, -0.1) is 0 Å². The summed E-state index contributed by atoms with van der Waals surface area (Å²) in [4.78, 5) is 12.3. The monoisotopic (exact) mass is 268 g/mol. The van der Waals surface area contributed by atoms with Gasteiger partial charge in [0, 0.05) is 5.56 Å². The first-order chi connectivity index (χ1) is 9.72. The van der Waals surface area contributed by atoms with Crippen LogP contribution in [0.15, 0.2) is 24.3 Å². The van der Waals surface area contributed by atoms with Crippen LogP contribution in [0.1, 0.15) is 30.4 Å². The quantitative estimate of drug-likeness (QED) is 0.786. The highest BCUT2D eigenvalue weighted by atomic mass is 16.5. The number of carbonyl (C=O) groups excluding carboxylic acids is 1. The first kappa shape index (κ1) is 11.0. The molecule has 1 N–H and O–H groups in total. The summed E-state index contributed by atoms with van der Waals surface area (Å²) in [6, 6.07) is 3.75. The number of ketones is 1. The lowest BCUT2D eigenvalue weighted by molar-refractivity contribution is -0.126. The van der Waals surface area contributed by atoms with Crippen LogP contribution in [0.2, 0.25) is 0 Å². The maximum absolute atomic E-state index is 12.3. The highest BCUT2D eigenvalue weighted by Crippen LogP contribution is 2.63. The number of aromatic hydroxyl groups is 1. The van der Waals surface area contributed by atoms with Crippen molar-refractivity contribution in [2.75, 3.05) is 0 Å². The third-order valence-corrected chi connectivity index (χ3v) is 5.87. The molecule has 0 unspecified atom stereocenters. The fourth-order valence-electron chi connectivity index (χ4n) is 5.23. The lowest BCUT2D eigenvalue weighted by Crippen LogP contribution is -2.56. The summed E-state index contributed by atoms with van der Waals surface area (Å²) < 4.78 is 5.97. The van der Waals surface area contributed by atoms with Crippen molar-refractivity contribution in [2.45, 2.75) is 37.2 Å². The van der Waals surface area contributed by atoms with Crippen molar-refractivity contribution in [3.8, 4) is 11.5 Å². The number of phenolic OH excluding ortho intramolecular Hbond substituents is 1. The number of hydrogen-bond donors (Lipinski definition) is 1. The standard InChI is InChI=1S/C17H16O3/c18-12-5-3-10-8-9-2-1-7-17-11(9)4-6-13(19)16(17)20-15(12)14(10)17/h3-6,9,11,16,18H,1-2,7-8H2/t9-,11+,16+,17+/m1/s1. The van der Waals surface area contributed by atoms with Gasteiger partial charge in [0.2, 0.25) is 0 Å².